The van der Waals surface area contributed by atoms with Crippen molar-refractivity contribution in [2.45, 2.75) is 36.3 Å². The number of rotatable bonds is 2. The van der Waals surface area contributed by atoms with Crippen molar-refractivity contribution < 1.29 is 19.3 Å². The molecule has 2 aromatic heterocycles. The molecule has 8 nitrogen and oxygen atoms in total. The number of hydrogen-bond donors (Lipinski definition) is 3. The Bertz CT molecular complexity index is 820. The van der Waals surface area contributed by atoms with Crippen molar-refractivity contribution in [3.8, 4) is 11.8 Å². The van der Waals surface area contributed by atoms with Crippen molar-refractivity contribution >= 4 is 28.7 Å². The van der Waals surface area contributed by atoms with E-state index in [-0.39, 0.29) is 5.95 Å². The molecule has 5 atom stereocenters. The monoisotopic (exact) mass is 355 g/mol. The van der Waals surface area contributed by atoms with E-state index in [0.717, 1.165) is 0 Å². The van der Waals surface area contributed by atoms with Gasteiger partial charge in [-0.15, -0.1) is 0 Å². The van der Waals surface area contributed by atoms with Gasteiger partial charge in [0, 0.05) is 0 Å². The van der Waals surface area contributed by atoms with Gasteiger partial charge in [-0.1, -0.05) is 23.4 Å². The van der Waals surface area contributed by atoms with Crippen molar-refractivity contribution in [1.82, 2.24) is 19.5 Å². The quantitative estimate of drug-likeness (QED) is 0.512. The molecule has 1 fully saturated rings. The summed E-state index contributed by atoms with van der Waals surface area (Å²) in [4.78, 5) is 10.4. The van der Waals surface area contributed by atoms with E-state index in [9.17, 15) is 14.6 Å². The van der Waals surface area contributed by atoms with Crippen LogP contribution in [0, 0.1) is 11.8 Å². The van der Waals surface area contributed by atoms with Crippen LogP contribution in [0.2, 0.25) is 0 Å². The molecule has 0 spiro atoms. The molecule has 1 unspecified atom stereocenters. The first-order valence-corrected chi connectivity index (χ1v) is 7.48. The number of nitrogen functional groups attached to an aromatic ring is 1. The van der Waals surface area contributed by atoms with Crippen LogP contribution < -0.4 is 5.73 Å². The Labute approximate surface area is 141 Å². The number of fused-ring (bicyclic) bond motifs is 1. The minimum atomic E-state index is -1.69. The number of ether oxygens (including phenoxy) is 1. The lowest BCUT2D eigenvalue weighted by Crippen LogP contribution is -2.43. The molecule has 128 valence electrons. The van der Waals surface area contributed by atoms with Crippen molar-refractivity contribution in [1.29, 1.82) is 0 Å². The average Bonchev–Trinajstić information content (AvgIpc) is 3.05. The number of anilines is 1. The summed E-state index contributed by atoms with van der Waals surface area (Å²) in [5.74, 6) is 4.72. The van der Waals surface area contributed by atoms with Crippen LogP contribution in [-0.2, 0) is 4.74 Å². The van der Waals surface area contributed by atoms with Crippen LogP contribution in [0.1, 0.15) is 13.2 Å². The van der Waals surface area contributed by atoms with Crippen LogP contribution in [0.4, 0.5) is 10.3 Å². The lowest BCUT2D eigenvalue weighted by molar-refractivity contribution is -0.0752. The number of imidazole rings is 1. The molecular weight excluding hydrogens is 341 g/mol. The van der Waals surface area contributed by atoms with E-state index in [4.69, 9.17) is 22.1 Å². The van der Waals surface area contributed by atoms with E-state index in [0.29, 0.717) is 11.2 Å². The molecule has 0 saturated carbocycles. The highest BCUT2D eigenvalue weighted by Gasteiger charge is 2.57. The van der Waals surface area contributed by atoms with Gasteiger partial charge in [0.15, 0.2) is 16.7 Å². The highest BCUT2D eigenvalue weighted by Crippen LogP contribution is 2.45. The highest BCUT2D eigenvalue weighted by molar-refractivity contribution is 6.27. The van der Waals surface area contributed by atoms with Gasteiger partial charge in [0.05, 0.1) is 18.6 Å². The first-order chi connectivity index (χ1) is 11.4. The minimum Gasteiger partial charge on any atom is -0.391 e. The molecule has 0 bridgehead atoms. The first-order valence-electron chi connectivity index (χ1n) is 7.10. The summed E-state index contributed by atoms with van der Waals surface area (Å²) in [7, 11) is 0. The zero-order valence-corrected chi connectivity index (χ0v) is 13.4. The van der Waals surface area contributed by atoms with Gasteiger partial charge in [0.1, 0.15) is 24.4 Å². The van der Waals surface area contributed by atoms with Crippen LogP contribution in [0.25, 0.3) is 11.2 Å². The molecule has 0 aliphatic carbocycles. The molecule has 3 heterocycles. The fourth-order valence-electron chi connectivity index (χ4n) is 2.67. The third kappa shape index (κ3) is 2.57. The summed E-state index contributed by atoms with van der Waals surface area (Å²) in [6.07, 6.45) is -1.65. The van der Waals surface area contributed by atoms with Crippen LogP contribution >= 0.6 is 11.6 Å². The van der Waals surface area contributed by atoms with E-state index in [2.05, 4.69) is 26.8 Å². The van der Waals surface area contributed by atoms with Crippen LogP contribution in [0.15, 0.2) is 12.5 Å². The molecule has 10 heteroatoms. The SMILES string of the molecule is C[C@@H](O)[C@H]1O[C@@H](n2cnc3cnc(N)nc32)[C@@](Cl)(C#CCF)C1O. The zero-order valence-electron chi connectivity index (χ0n) is 12.6. The van der Waals surface area contributed by atoms with Gasteiger partial charge in [0.2, 0.25) is 5.95 Å². The number of aliphatic hydroxyl groups is 2. The molecule has 4 N–H and O–H groups in total. The molecule has 2 aromatic rings. The summed E-state index contributed by atoms with van der Waals surface area (Å²) >= 11 is 6.49. The number of aliphatic hydroxyl groups excluding tert-OH is 2. The number of aromatic nitrogens is 4. The molecule has 1 saturated heterocycles. The van der Waals surface area contributed by atoms with E-state index in [1.807, 2.05) is 0 Å². The van der Waals surface area contributed by atoms with Crippen molar-refractivity contribution in [3.05, 3.63) is 12.5 Å². The molecule has 1 aliphatic rings. The Morgan fingerprint density at radius 3 is 3.00 bits per heavy atom. The molecule has 1 aliphatic heterocycles. The summed E-state index contributed by atoms with van der Waals surface area (Å²) in [5.41, 5.74) is 6.35. The van der Waals surface area contributed by atoms with Gasteiger partial charge in [0.25, 0.3) is 0 Å². The second-order valence-corrected chi connectivity index (χ2v) is 6.06. The molecular formula is C14H15ClFN5O3. The predicted molar refractivity (Wildman–Crippen MR) is 83.7 cm³/mol. The van der Waals surface area contributed by atoms with E-state index < -0.39 is 36.1 Å². The highest BCUT2D eigenvalue weighted by atomic mass is 35.5. The lowest BCUT2D eigenvalue weighted by Gasteiger charge is -2.25. The predicted octanol–water partition coefficient (Wildman–Crippen LogP) is -0.00190. The Morgan fingerprint density at radius 2 is 2.33 bits per heavy atom. The molecule has 24 heavy (non-hydrogen) atoms. The fraction of sp³-hybridized carbons (Fsp3) is 0.500. The number of alkyl halides is 2. The summed E-state index contributed by atoms with van der Waals surface area (Å²) in [5, 5.41) is 20.3. The van der Waals surface area contributed by atoms with Crippen LogP contribution in [0.5, 0.6) is 0 Å². The van der Waals surface area contributed by atoms with Gasteiger partial charge in [-0.05, 0) is 6.92 Å². The first kappa shape index (κ1) is 16.9. The summed E-state index contributed by atoms with van der Waals surface area (Å²) in [6.45, 7) is 0.509. The van der Waals surface area contributed by atoms with Gasteiger partial charge >= 0.3 is 0 Å². The van der Waals surface area contributed by atoms with Crippen LogP contribution in [0.3, 0.4) is 0 Å². The van der Waals surface area contributed by atoms with Crippen molar-refractivity contribution in [2.75, 3.05) is 12.4 Å². The van der Waals surface area contributed by atoms with Crippen molar-refractivity contribution in [2.24, 2.45) is 0 Å². The number of halogens is 2. The third-order valence-corrected chi connectivity index (χ3v) is 4.30. The maximum atomic E-state index is 12.5. The van der Waals surface area contributed by atoms with Gasteiger partial charge < -0.3 is 20.7 Å². The van der Waals surface area contributed by atoms with E-state index in [1.54, 1.807) is 0 Å². The molecule has 0 amide bonds. The number of hydrogen-bond acceptors (Lipinski definition) is 7. The fourth-order valence-corrected chi connectivity index (χ4v) is 3.02. The Morgan fingerprint density at radius 1 is 1.58 bits per heavy atom. The number of nitrogens with zero attached hydrogens (tertiary/aromatic N) is 4. The maximum absolute atomic E-state index is 12.5. The Hall–Kier alpha value is -1.99. The Balaban J connectivity index is 2.13. The summed E-state index contributed by atoms with van der Waals surface area (Å²) in [6, 6.07) is 0. The van der Waals surface area contributed by atoms with E-state index in [1.165, 1.54) is 24.0 Å². The molecule has 0 aromatic carbocycles. The van der Waals surface area contributed by atoms with Gasteiger partial charge in [-0.2, -0.15) is 4.98 Å². The standard InChI is InChI=1S/C14H15ClFN5O3/c1-7(22)9-10(23)14(15,3-2-4-16)12(24-9)21-6-19-8-5-18-13(17)20-11(8)21/h5-7,9-10,12,22-23H,4H2,1H3,(H2,17,18,20)/t7-,9-,10?,12-,14-/m1/s1. The molecule has 0 radical (unpaired) electrons. The van der Waals surface area contributed by atoms with Gasteiger partial charge in [-0.3, -0.25) is 4.57 Å². The zero-order chi connectivity index (χ0) is 17.5. The summed E-state index contributed by atoms with van der Waals surface area (Å²) < 4.78 is 19.6. The largest absolute Gasteiger partial charge is 0.391 e. The van der Waals surface area contributed by atoms with Crippen molar-refractivity contribution in [3.63, 3.8) is 0 Å². The number of nitrogens with two attached hydrogens (primary N) is 1. The molecule has 3 rings (SSSR count). The second-order valence-electron chi connectivity index (χ2n) is 5.43. The second kappa shape index (κ2) is 6.14. The smallest absolute Gasteiger partial charge is 0.222 e. The van der Waals surface area contributed by atoms with Gasteiger partial charge in [-0.25, -0.2) is 14.4 Å². The third-order valence-electron chi connectivity index (χ3n) is 3.80. The lowest BCUT2D eigenvalue weighted by atomic mass is 9.96. The Kier molecular flexibility index (Phi) is 4.31. The topological polar surface area (TPSA) is 119 Å². The van der Waals surface area contributed by atoms with E-state index >= 15 is 0 Å². The average molecular weight is 356 g/mol. The normalized spacial score (nSPS) is 31.0. The van der Waals surface area contributed by atoms with Crippen LogP contribution in [-0.4, -0.2) is 59.6 Å². The minimum absolute atomic E-state index is 0.0184. The maximum Gasteiger partial charge on any atom is 0.222 e.